The molecule has 6 fully saturated rings. The molecule has 610 valence electrons. The van der Waals surface area contributed by atoms with E-state index in [1.54, 1.807) is 26.1 Å². The fourth-order valence-electron chi connectivity index (χ4n) is 16.6. The number of anilines is 1. The van der Waals surface area contributed by atoms with E-state index < -0.39 is 141 Å². The zero-order chi connectivity index (χ0) is 81.9. The third kappa shape index (κ3) is 20.6. The van der Waals surface area contributed by atoms with Gasteiger partial charge in [0.2, 0.25) is 38.6 Å². The van der Waals surface area contributed by atoms with Gasteiger partial charge in [-0.25, -0.2) is 79.1 Å². The van der Waals surface area contributed by atoms with Gasteiger partial charge in [0.15, 0.2) is 54.6 Å². The fourth-order valence-corrected chi connectivity index (χ4v) is 20.8. The predicted octanol–water partition coefficient (Wildman–Crippen LogP) is 12.5. The normalized spacial score (nSPS) is 22.2. The van der Waals surface area contributed by atoms with Crippen molar-refractivity contribution in [1.29, 1.82) is 0 Å². The molecule has 3 unspecified atom stereocenters. The summed E-state index contributed by atoms with van der Waals surface area (Å²) in [7, 11) is -11.9. The second kappa shape index (κ2) is 35.4. The molecule has 0 radical (unpaired) electrons. The molecule has 0 saturated carbocycles. The summed E-state index contributed by atoms with van der Waals surface area (Å²) < 4.78 is 253. The number of alkyl halides is 3. The summed E-state index contributed by atoms with van der Waals surface area (Å²) in [5.74, 6) is -13.2. The van der Waals surface area contributed by atoms with E-state index >= 15 is 0 Å². The number of sulfone groups is 3. The lowest BCUT2D eigenvalue weighted by Crippen LogP contribution is -2.50. The third-order valence-electron chi connectivity index (χ3n) is 22.1. The minimum Gasteiger partial charge on any atom is -0.337 e. The standard InChI is InChI=1S/C27H26F6N4O3S2.C26H30F3N3O4S.C24H26F4N2O3S/c28-18-12-20(30)19(29)10-14(18)11-21(34)15-8-16-3-4-17(9-15)37(16)25(38)5-7-42(39,40)26-35-22(23-2-1-6-41-23)13-24(36-26)27(31,32)33;1-15(33)31-18-2-6-21(7-3-18)37(35,36)9-8-26(34)32-19-4-5-20(32)11-17(10-19)25(30)13-16-12-23(28)24(29)14-22(16)27;25-16-1-5-19(6-2-16)34(32,33)8-7-24(31)30-17-3-4-18(30)10-15(9-17)23(29)12-14-11-21(27)22(28)13-20(14)26/h1-2,6,10,12-13,15-17,21H,3-5,7-9,11,34H2;2-3,6-7,12,14,17,19-20,25H,4-5,8-11,13,30H2,1H3,(H,31,33);1-2,5-6,11,13,15,17-18,23H,3-4,7-10,12,29H2/t15?,16-,17+,21-;17?,19-,20+,25-;15?,17-,18+,23-/m111/s1. The predicted molar refractivity (Wildman–Crippen MR) is 391 cm³/mol. The van der Waals surface area contributed by atoms with Crippen molar-refractivity contribution in [2.24, 2.45) is 35.0 Å². The number of amides is 4. The summed E-state index contributed by atoms with van der Waals surface area (Å²) in [6.07, 6.45) is 2.02. The molecule has 6 saturated heterocycles. The van der Waals surface area contributed by atoms with E-state index in [1.165, 1.54) is 49.4 Å². The SMILES string of the molecule is CC(=O)Nc1ccc(S(=O)(=O)CCC(=O)N2[C@@H]3CC[C@H]2CC([C@H](N)Cc2cc(F)c(F)cc2F)C3)cc1.N[C@H](Cc1cc(F)c(F)cc1F)C1C[C@H]2CC[C@@H](C1)N2C(=O)CCS(=O)(=O)c1ccc(F)cc1.N[C@H](Cc1cc(F)c(F)cc1F)C1C[C@H]2CC[C@@H](C1)N2C(=O)CCS(=O)(=O)c1nc(-c2cccs2)cc(C(F)(F)F)n1. The van der Waals surface area contributed by atoms with Gasteiger partial charge < -0.3 is 37.2 Å². The first-order valence-corrected chi connectivity index (χ1v) is 42.5. The van der Waals surface area contributed by atoms with Crippen molar-refractivity contribution >= 4 is 70.2 Å². The topological polar surface area (TPSA) is 296 Å². The summed E-state index contributed by atoms with van der Waals surface area (Å²) >= 11 is 1.09. The average Bonchev–Trinajstić information content (AvgIpc) is 1.53. The Morgan fingerprint density at radius 2 is 0.788 bits per heavy atom. The maximum absolute atomic E-state index is 14.1. The first-order valence-electron chi connectivity index (χ1n) is 36.6. The lowest BCUT2D eigenvalue weighted by molar-refractivity contribution is -0.141. The molecule has 6 aliphatic heterocycles. The third-order valence-corrected chi connectivity index (χ3v) is 28.0. The number of nitrogens with two attached hydrogens (primary N) is 3. The number of rotatable bonds is 23. The molecule has 4 amide bonds. The Balaban J connectivity index is 0.000000168. The summed E-state index contributed by atoms with van der Waals surface area (Å²) in [5.41, 5.74) is 17.9. The Morgan fingerprint density at radius 1 is 0.460 bits per heavy atom. The number of nitrogens with zero attached hydrogens (tertiary/aromatic N) is 5. The molecule has 7 N–H and O–H groups in total. The Kier molecular flexibility index (Phi) is 26.7. The van der Waals surface area contributed by atoms with Crippen LogP contribution in [0.4, 0.5) is 62.8 Å². The van der Waals surface area contributed by atoms with Crippen LogP contribution in [0.3, 0.4) is 0 Å². The molecule has 12 atom stereocenters. The summed E-state index contributed by atoms with van der Waals surface area (Å²) in [5, 5.41) is 3.19. The summed E-state index contributed by atoms with van der Waals surface area (Å²) in [6.45, 7) is 1.35. The van der Waals surface area contributed by atoms with Crippen LogP contribution in [0, 0.1) is 75.9 Å². The van der Waals surface area contributed by atoms with Gasteiger partial charge in [0.25, 0.3) is 0 Å². The lowest BCUT2D eigenvalue weighted by atomic mass is 9.82. The van der Waals surface area contributed by atoms with E-state index in [-0.39, 0.29) is 148 Å². The van der Waals surface area contributed by atoms with Gasteiger partial charge in [-0.2, -0.15) is 13.2 Å². The van der Waals surface area contributed by atoms with Gasteiger partial charge in [0, 0.05) is 104 Å². The van der Waals surface area contributed by atoms with Gasteiger partial charge in [0.05, 0.1) is 37.6 Å². The number of carbonyl (C=O) groups is 4. The first kappa shape index (κ1) is 85.5. The number of benzene rings is 5. The minimum absolute atomic E-state index is 0.0169. The Morgan fingerprint density at radius 3 is 1.11 bits per heavy atom. The first-order chi connectivity index (χ1) is 53.2. The number of thiophene rings is 1. The van der Waals surface area contributed by atoms with Crippen molar-refractivity contribution in [1.82, 2.24) is 24.7 Å². The van der Waals surface area contributed by atoms with E-state index in [1.807, 2.05) is 0 Å². The molecule has 2 aromatic heterocycles. The number of halogens is 13. The number of hydrogen-bond donors (Lipinski definition) is 4. The maximum Gasteiger partial charge on any atom is 0.433 e. The number of fused-ring (bicyclic) bond motifs is 6. The summed E-state index contributed by atoms with van der Waals surface area (Å²) in [4.78, 5) is 63.0. The highest BCUT2D eigenvalue weighted by Crippen LogP contribution is 2.45. The molecule has 6 aliphatic rings. The van der Waals surface area contributed by atoms with Crippen LogP contribution < -0.4 is 22.5 Å². The highest BCUT2D eigenvalue weighted by molar-refractivity contribution is 7.92. The zero-order valence-corrected chi connectivity index (χ0v) is 64.0. The molecule has 13 rings (SSSR count). The van der Waals surface area contributed by atoms with Crippen LogP contribution in [0.25, 0.3) is 10.6 Å². The molecule has 7 aromatic rings. The minimum atomic E-state index is -4.91. The molecular formula is C77H82F13N9O10S4. The number of carbonyl (C=O) groups excluding carboxylic acids is 4. The van der Waals surface area contributed by atoms with Gasteiger partial charge in [-0.15, -0.1) is 11.3 Å². The number of hydrogen-bond acceptors (Lipinski definition) is 16. The van der Waals surface area contributed by atoms with Crippen LogP contribution in [-0.2, 0) is 74.1 Å². The molecule has 5 aromatic carbocycles. The van der Waals surface area contributed by atoms with E-state index in [2.05, 4.69) is 15.3 Å². The monoisotopic (exact) mass is 1670 g/mol. The van der Waals surface area contributed by atoms with Crippen LogP contribution >= 0.6 is 11.3 Å². The molecule has 19 nitrogen and oxygen atoms in total. The molecule has 0 aliphatic carbocycles. The van der Waals surface area contributed by atoms with Gasteiger partial charge >= 0.3 is 6.18 Å². The van der Waals surface area contributed by atoms with Crippen LogP contribution in [0.5, 0.6) is 0 Å². The zero-order valence-electron chi connectivity index (χ0n) is 60.8. The Hall–Kier alpha value is -8.42. The molecule has 0 spiro atoms. The van der Waals surface area contributed by atoms with Gasteiger partial charge in [-0.05, 0) is 215 Å². The van der Waals surface area contributed by atoms with Gasteiger partial charge in [-0.1, -0.05) is 6.07 Å². The average molecular weight is 1670 g/mol. The van der Waals surface area contributed by atoms with Crippen LogP contribution in [-0.4, -0.2) is 145 Å². The number of piperidine rings is 3. The van der Waals surface area contributed by atoms with Crippen molar-refractivity contribution in [3.05, 3.63) is 189 Å². The van der Waals surface area contributed by atoms with Crippen molar-refractivity contribution in [3.63, 3.8) is 0 Å². The largest absolute Gasteiger partial charge is 0.433 e. The molecule has 8 heterocycles. The second-order valence-electron chi connectivity index (χ2n) is 29.7. The van der Waals surface area contributed by atoms with Crippen molar-refractivity contribution in [3.8, 4) is 10.6 Å². The van der Waals surface area contributed by atoms with E-state index in [9.17, 15) is 102 Å². The van der Waals surface area contributed by atoms with Crippen molar-refractivity contribution in [2.45, 2.75) is 198 Å². The van der Waals surface area contributed by atoms with E-state index in [4.69, 9.17) is 17.2 Å². The van der Waals surface area contributed by atoms with Crippen molar-refractivity contribution in [2.75, 3.05) is 22.6 Å². The van der Waals surface area contributed by atoms with Crippen LogP contribution in [0.15, 0.2) is 123 Å². The molecular weight excluding hydrogens is 1590 g/mol. The van der Waals surface area contributed by atoms with Crippen LogP contribution in [0.1, 0.15) is 126 Å². The van der Waals surface area contributed by atoms with Crippen LogP contribution in [0.2, 0.25) is 0 Å². The Bertz CT molecular complexity index is 4980. The summed E-state index contributed by atoms with van der Waals surface area (Å²) in [6, 6.07) is 15.6. The smallest absolute Gasteiger partial charge is 0.337 e. The highest BCUT2D eigenvalue weighted by Gasteiger charge is 2.48. The fraction of sp³-hybridized carbons (Fsp3) is 0.455. The highest BCUT2D eigenvalue weighted by atomic mass is 32.2. The van der Waals surface area contributed by atoms with Gasteiger partial charge in [0.1, 0.15) is 29.0 Å². The number of aromatic nitrogens is 2. The molecule has 113 heavy (non-hydrogen) atoms. The molecule has 36 heteroatoms. The van der Waals surface area contributed by atoms with Crippen molar-refractivity contribution < 1.29 is 102 Å². The second-order valence-corrected chi connectivity index (χ2v) is 36.9. The lowest BCUT2D eigenvalue weighted by Gasteiger charge is -2.41. The van der Waals surface area contributed by atoms with E-state index in [0.29, 0.717) is 86.2 Å². The number of nitrogens with one attached hydrogen (secondary N) is 1. The quantitative estimate of drug-likeness (QED) is 0.0200. The van der Waals surface area contributed by atoms with Gasteiger partial charge in [-0.3, -0.25) is 19.2 Å². The maximum atomic E-state index is 14.1. The Labute approximate surface area is 648 Å². The molecule has 6 bridgehead atoms. The van der Waals surface area contributed by atoms with E-state index in [0.717, 1.165) is 67.4 Å².